The molecule has 134 valence electrons. The maximum atomic E-state index is 13.0. The minimum absolute atomic E-state index is 0.0848. The summed E-state index contributed by atoms with van der Waals surface area (Å²) in [6.45, 7) is 5.67. The van der Waals surface area contributed by atoms with E-state index in [1.165, 1.54) is 12.8 Å². The molecule has 2 fully saturated rings. The monoisotopic (exact) mass is 359 g/mol. The Morgan fingerprint density at radius 3 is 2.96 bits per heavy atom. The molecule has 25 heavy (non-hydrogen) atoms. The summed E-state index contributed by atoms with van der Waals surface area (Å²) in [7, 11) is 0. The summed E-state index contributed by atoms with van der Waals surface area (Å²) in [5.74, 6) is 0.917. The van der Waals surface area contributed by atoms with Gasteiger partial charge in [0.25, 0.3) is 5.91 Å². The summed E-state index contributed by atoms with van der Waals surface area (Å²) in [5, 5.41) is 10.4. The summed E-state index contributed by atoms with van der Waals surface area (Å²) in [6.07, 6.45) is 3.40. The molecule has 1 amide bonds. The molecule has 1 aromatic carbocycles. The number of fused-ring (bicyclic) bond motifs is 1. The van der Waals surface area contributed by atoms with Crippen LogP contribution in [0.1, 0.15) is 34.6 Å². The number of aryl methyl sites for hydroxylation is 1. The van der Waals surface area contributed by atoms with Crippen LogP contribution in [-0.2, 0) is 0 Å². The van der Waals surface area contributed by atoms with Crippen molar-refractivity contribution in [3.63, 3.8) is 0 Å². The Bertz CT molecular complexity index is 771. The fourth-order valence-corrected chi connectivity index (χ4v) is 4.54. The first kappa shape index (κ1) is 16.9. The summed E-state index contributed by atoms with van der Waals surface area (Å²) in [6, 6.07) is 6.11. The van der Waals surface area contributed by atoms with Crippen molar-refractivity contribution in [1.29, 1.82) is 0 Å². The highest BCUT2D eigenvalue weighted by molar-refractivity contribution is 7.18. The Hall–Kier alpha value is -1.50. The molecule has 2 aromatic rings. The molecule has 1 aliphatic heterocycles. The van der Waals surface area contributed by atoms with Gasteiger partial charge in [-0.1, -0.05) is 0 Å². The van der Waals surface area contributed by atoms with E-state index in [1.54, 1.807) is 11.3 Å². The van der Waals surface area contributed by atoms with Crippen LogP contribution in [-0.4, -0.2) is 64.6 Å². The molecule has 1 N–H and O–H groups in total. The van der Waals surface area contributed by atoms with Crippen molar-refractivity contribution in [2.45, 2.75) is 32.2 Å². The predicted octanol–water partition coefficient (Wildman–Crippen LogP) is 2.52. The molecule has 2 aliphatic rings. The highest BCUT2D eigenvalue weighted by atomic mass is 32.1. The number of hydrogen-bond donors (Lipinski definition) is 1. The van der Waals surface area contributed by atoms with E-state index >= 15 is 0 Å². The van der Waals surface area contributed by atoms with Gasteiger partial charge in [0.1, 0.15) is 0 Å². The van der Waals surface area contributed by atoms with Gasteiger partial charge in [-0.25, -0.2) is 4.98 Å². The molecule has 2 heterocycles. The molecule has 1 aromatic heterocycles. The molecule has 0 radical (unpaired) electrons. The maximum Gasteiger partial charge on any atom is 0.254 e. The standard InChI is InChI=1S/C19H25N3O2S/c1-13-20-17-10-15(4-5-18(17)25-13)19(24)22-8-7-21(11-14-2-3-14)16(12-22)6-9-23/h4-5,10,14,16,23H,2-3,6-9,11-12H2,1H3. The third kappa shape index (κ3) is 3.71. The summed E-state index contributed by atoms with van der Waals surface area (Å²) < 4.78 is 1.13. The van der Waals surface area contributed by atoms with Crippen molar-refractivity contribution < 1.29 is 9.90 Å². The van der Waals surface area contributed by atoms with Gasteiger partial charge in [-0.2, -0.15) is 0 Å². The third-order valence-electron chi connectivity index (χ3n) is 5.29. The third-order valence-corrected chi connectivity index (χ3v) is 6.24. The molecular weight excluding hydrogens is 334 g/mol. The van der Waals surface area contributed by atoms with Crippen molar-refractivity contribution in [2.75, 3.05) is 32.8 Å². The van der Waals surface area contributed by atoms with Gasteiger partial charge in [0.05, 0.1) is 15.2 Å². The number of aliphatic hydroxyl groups is 1. The van der Waals surface area contributed by atoms with Gasteiger partial charge < -0.3 is 10.0 Å². The van der Waals surface area contributed by atoms with Crippen LogP contribution in [0.3, 0.4) is 0 Å². The summed E-state index contributed by atoms with van der Waals surface area (Å²) >= 11 is 1.66. The van der Waals surface area contributed by atoms with Crippen molar-refractivity contribution >= 4 is 27.5 Å². The number of piperazine rings is 1. The Morgan fingerprint density at radius 1 is 1.36 bits per heavy atom. The number of aromatic nitrogens is 1. The van der Waals surface area contributed by atoms with E-state index in [9.17, 15) is 9.90 Å². The highest BCUT2D eigenvalue weighted by Gasteiger charge is 2.33. The molecule has 1 saturated heterocycles. The van der Waals surface area contributed by atoms with Crippen LogP contribution in [0, 0.1) is 12.8 Å². The summed E-state index contributed by atoms with van der Waals surface area (Å²) in [5.41, 5.74) is 1.63. The van der Waals surface area contributed by atoms with E-state index in [1.807, 2.05) is 30.0 Å². The molecule has 5 nitrogen and oxygen atoms in total. The molecule has 4 rings (SSSR count). The molecule has 6 heteroatoms. The average Bonchev–Trinajstić information content (AvgIpc) is 3.34. The number of benzene rings is 1. The number of carbonyl (C=O) groups excluding carboxylic acids is 1. The minimum Gasteiger partial charge on any atom is -0.396 e. The lowest BCUT2D eigenvalue weighted by Crippen LogP contribution is -2.55. The van der Waals surface area contributed by atoms with Crippen LogP contribution in [0.4, 0.5) is 0 Å². The van der Waals surface area contributed by atoms with E-state index in [4.69, 9.17) is 0 Å². The van der Waals surface area contributed by atoms with E-state index in [2.05, 4.69) is 9.88 Å². The van der Waals surface area contributed by atoms with E-state index < -0.39 is 0 Å². The largest absolute Gasteiger partial charge is 0.396 e. The molecule has 0 bridgehead atoms. The maximum absolute atomic E-state index is 13.0. The number of nitrogens with zero attached hydrogens (tertiary/aromatic N) is 3. The molecule has 1 atom stereocenters. The first-order chi connectivity index (χ1) is 12.1. The van der Waals surface area contributed by atoms with Crippen molar-refractivity contribution in [3.8, 4) is 0 Å². The quantitative estimate of drug-likeness (QED) is 0.891. The Morgan fingerprint density at radius 2 is 2.20 bits per heavy atom. The van der Waals surface area contributed by atoms with Crippen molar-refractivity contribution in [2.24, 2.45) is 5.92 Å². The van der Waals surface area contributed by atoms with Crippen LogP contribution in [0.5, 0.6) is 0 Å². The number of thiazole rings is 1. The second kappa shape index (κ2) is 7.02. The van der Waals surface area contributed by atoms with Crippen molar-refractivity contribution in [3.05, 3.63) is 28.8 Å². The predicted molar refractivity (Wildman–Crippen MR) is 100 cm³/mol. The van der Waals surface area contributed by atoms with E-state index in [0.717, 1.165) is 52.8 Å². The molecule has 0 spiro atoms. The first-order valence-corrected chi connectivity index (χ1v) is 9.97. The number of hydrogen-bond acceptors (Lipinski definition) is 5. The Balaban J connectivity index is 1.48. The topological polar surface area (TPSA) is 56.7 Å². The van der Waals surface area contributed by atoms with Gasteiger partial charge in [0.2, 0.25) is 0 Å². The first-order valence-electron chi connectivity index (χ1n) is 9.15. The molecule has 1 aliphatic carbocycles. The van der Waals surface area contributed by atoms with Crippen LogP contribution in [0.25, 0.3) is 10.2 Å². The molecule has 1 unspecified atom stereocenters. The van der Waals surface area contributed by atoms with Crippen molar-refractivity contribution in [1.82, 2.24) is 14.8 Å². The second-order valence-corrected chi connectivity index (χ2v) is 8.51. The fourth-order valence-electron chi connectivity index (χ4n) is 3.73. The smallest absolute Gasteiger partial charge is 0.254 e. The Labute approximate surface area is 152 Å². The van der Waals surface area contributed by atoms with Gasteiger partial charge in [-0.05, 0) is 50.3 Å². The zero-order valence-electron chi connectivity index (χ0n) is 14.6. The Kier molecular flexibility index (Phi) is 4.75. The zero-order chi connectivity index (χ0) is 17.4. The number of carbonyl (C=O) groups is 1. The van der Waals surface area contributed by atoms with Crippen LogP contribution in [0.2, 0.25) is 0 Å². The normalized spacial score (nSPS) is 21.8. The number of amides is 1. The van der Waals surface area contributed by atoms with Gasteiger partial charge in [0.15, 0.2) is 0 Å². The lowest BCUT2D eigenvalue weighted by atomic mass is 10.1. The van der Waals surface area contributed by atoms with Gasteiger partial charge in [0, 0.05) is 44.4 Å². The molecule has 1 saturated carbocycles. The van der Waals surface area contributed by atoms with Crippen LogP contribution in [0.15, 0.2) is 18.2 Å². The fraction of sp³-hybridized carbons (Fsp3) is 0.579. The van der Waals surface area contributed by atoms with Crippen LogP contribution < -0.4 is 0 Å². The van der Waals surface area contributed by atoms with Gasteiger partial charge in [-0.3, -0.25) is 9.69 Å². The zero-order valence-corrected chi connectivity index (χ0v) is 15.5. The average molecular weight is 359 g/mol. The lowest BCUT2D eigenvalue weighted by Gasteiger charge is -2.41. The second-order valence-electron chi connectivity index (χ2n) is 7.27. The van der Waals surface area contributed by atoms with E-state index in [-0.39, 0.29) is 18.6 Å². The SMILES string of the molecule is Cc1nc2cc(C(=O)N3CCN(CC4CC4)C(CCO)C3)ccc2s1. The van der Waals surface area contributed by atoms with Crippen LogP contribution >= 0.6 is 11.3 Å². The summed E-state index contributed by atoms with van der Waals surface area (Å²) in [4.78, 5) is 21.9. The van der Waals surface area contributed by atoms with E-state index in [0.29, 0.717) is 6.54 Å². The molecular formula is C19H25N3O2S. The number of aliphatic hydroxyl groups excluding tert-OH is 1. The van der Waals surface area contributed by atoms with Gasteiger partial charge >= 0.3 is 0 Å². The number of rotatable bonds is 5. The minimum atomic E-state index is 0.0848. The lowest BCUT2D eigenvalue weighted by molar-refractivity contribution is 0.0407. The van der Waals surface area contributed by atoms with Gasteiger partial charge in [-0.15, -0.1) is 11.3 Å². The highest BCUT2D eigenvalue weighted by Crippen LogP contribution is 2.31.